The highest BCUT2D eigenvalue weighted by atomic mass is 14.2. The summed E-state index contributed by atoms with van der Waals surface area (Å²) < 4.78 is 0. The summed E-state index contributed by atoms with van der Waals surface area (Å²) in [6, 6.07) is 10.8. The Hall–Kier alpha value is -0.780. The van der Waals surface area contributed by atoms with Crippen LogP contribution in [-0.4, -0.2) is 0 Å². The van der Waals surface area contributed by atoms with Crippen LogP contribution in [0.15, 0.2) is 30.3 Å². The molecule has 1 aliphatic carbocycles. The van der Waals surface area contributed by atoms with E-state index in [0.717, 1.165) is 0 Å². The van der Waals surface area contributed by atoms with Gasteiger partial charge in [0.2, 0.25) is 0 Å². The lowest BCUT2D eigenvalue weighted by Crippen LogP contribution is -1.97. The van der Waals surface area contributed by atoms with Crippen molar-refractivity contribution in [2.45, 2.75) is 25.2 Å². The van der Waals surface area contributed by atoms with Crippen molar-refractivity contribution in [3.63, 3.8) is 0 Å². The fourth-order valence-electron chi connectivity index (χ4n) is 1.84. The van der Waals surface area contributed by atoms with Gasteiger partial charge in [-0.2, -0.15) is 0 Å². The van der Waals surface area contributed by atoms with Gasteiger partial charge in [-0.1, -0.05) is 36.8 Å². The average molecular weight is 171 g/mol. The van der Waals surface area contributed by atoms with Crippen LogP contribution in [0.5, 0.6) is 0 Å². The highest BCUT2D eigenvalue weighted by Crippen LogP contribution is 2.29. The van der Waals surface area contributed by atoms with Gasteiger partial charge in [-0.25, -0.2) is 0 Å². The van der Waals surface area contributed by atoms with Gasteiger partial charge >= 0.3 is 0 Å². The molecule has 67 valence electrons. The minimum absolute atomic E-state index is 0.639. The van der Waals surface area contributed by atoms with Crippen LogP contribution >= 0.6 is 0 Å². The summed E-state index contributed by atoms with van der Waals surface area (Å²) in [4.78, 5) is 0. The topological polar surface area (TPSA) is 0 Å². The van der Waals surface area contributed by atoms with E-state index in [1.807, 2.05) is 0 Å². The molecule has 1 aromatic rings. The van der Waals surface area contributed by atoms with Crippen LogP contribution in [0.2, 0.25) is 0 Å². The predicted octanol–water partition coefficient (Wildman–Crippen LogP) is 3.57. The molecule has 1 aromatic carbocycles. The minimum atomic E-state index is 0.639. The summed E-state index contributed by atoms with van der Waals surface area (Å²) in [5.74, 6) is 0.639. The van der Waals surface area contributed by atoms with E-state index in [0.29, 0.717) is 5.92 Å². The Balaban J connectivity index is 2.06. The van der Waals surface area contributed by atoms with Crippen molar-refractivity contribution in [3.8, 4) is 0 Å². The quantitative estimate of drug-likeness (QED) is 0.567. The molecule has 0 spiro atoms. The van der Waals surface area contributed by atoms with Crippen molar-refractivity contribution < 1.29 is 0 Å². The molecule has 0 bridgehead atoms. The third-order valence-corrected chi connectivity index (χ3v) is 2.59. The second-order valence-electron chi connectivity index (χ2n) is 3.57. The molecule has 2 rings (SSSR count). The molecule has 0 amide bonds. The van der Waals surface area contributed by atoms with Gasteiger partial charge in [0.1, 0.15) is 0 Å². The third kappa shape index (κ3) is 2.33. The van der Waals surface area contributed by atoms with Crippen LogP contribution in [0.1, 0.15) is 30.7 Å². The standard InChI is InChI=1S/C13H15/c1-2-5-9-12(8-4-1)13-10-6-3-7-11-13/h1,3-4,6-8,10-12H,2,5,9H2. The highest BCUT2D eigenvalue weighted by Gasteiger charge is 2.13. The molecule has 1 atom stereocenters. The molecule has 1 unspecified atom stereocenters. The molecule has 1 aliphatic rings. The maximum Gasteiger partial charge on any atom is -0.0128 e. The number of rotatable bonds is 1. The first-order valence-electron chi connectivity index (χ1n) is 5.02. The molecule has 13 heavy (non-hydrogen) atoms. The Labute approximate surface area is 81.0 Å². The average Bonchev–Trinajstić information content (AvgIpc) is 2.47. The van der Waals surface area contributed by atoms with Crippen molar-refractivity contribution in [3.05, 3.63) is 55.2 Å². The smallest absolute Gasteiger partial charge is 0.0128 e. The van der Waals surface area contributed by atoms with Crippen molar-refractivity contribution in [2.24, 2.45) is 0 Å². The zero-order valence-corrected chi connectivity index (χ0v) is 7.82. The van der Waals surface area contributed by atoms with Gasteiger partial charge in [-0.3, -0.25) is 0 Å². The van der Waals surface area contributed by atoms with Crippen molar-refractivity contribution in [2.75, 3.05) is 0 Å². The first-order chi connectivity index (χ1) is 6.47. The Bertz CT molecular complexity index is 229. The summed E-state index contributed by atoms with van der Waals surface area (Å²) in [5, 5.41) is 0. The summed E-state index contributed by atoms with van der Waals surface area (Å²) in [7, 11) is 0. The van der Waals surface area contributed by atoms with Crippen LogP contribution in [0, 0.1) is 19.3 Å². The van der Waals surface area contributed by atoms with Crippen molar-refractivity contribution in [1.29, 1.82) is 0 Å². The first kappa shape index (κ1) is 8.80. The Morgan fingerprint density at radius 2 is 1.92 bits per heavy atom. The Morgan fingerprint density at radius 3 is 2.77 bits per heavy atom. The SMILES string of the molecule is [CH]1[CH]CCCC(c2ccccc2)[CH]1. The van der Waals surface area contributed by atoms with E-state index in [9.17, 15) is 0 Å². The van der Waals surface area contributed by atoms with Gasteiger partial charge in [-0.05, 0) is 43.6 Å². The monoisotopic (exact) mass is 171 g/mol. The van der Waals surface area contributed by atoms with Gasteiger partial charge in [-0.15, -0.1) is 0 Å². The number of hydrogen-bond donors (Lipinski definition) is 0. The predicted molar refractivity (Wildman–Crippen MR) is 55.9 cm³/mol. The van der Waals surface area contributed by atoms with Crippen LogP contribution < -0.4 is 0 Å². The molecule has 0 heteroatoms. The summed E-state index contributed by atoms with van der Waals surface area (Å²) in [6.45, 7) is 0. The van der Waals surface area contributed by atoms with Crippen LogP contribution in [-0.2, 0) is 0 Å². The first-order valence-corrected chi connectivity index (χ1v) is 5.02. The van der Waals surface area contributed by atoms with Crippen LogP contribution in [0.25, 0.3) is 0 Å². The number of hydrogen-bond acceptors (Lipinski definition) is 0. The Morgan fingerprint density at radius 1 is 1.08 bits per heavy atom. The fraction of sp³-hybridized carbons (Fsp3) is 0.308. The van der Waals surface area contributed by atoms with E-state index in [1.165, 1.54) is 24.8 Å². The molecular weight excluding hydrogens is 156 g/mol. The van der Waals surface area contributed by atoms with Gasteiger partial charge < -0.3 is 0 Å². The molecule has 0 heterocycles. The van der Waals surface area contributed by atoms with Gasteiger partial charge in [0.25, 0.3) is 0 Å². The highest BCUT2D eigenvalue weighted by molar-refractivity contribution is 5.25. The zero-order valence-electron chi connectivity index (χ0n) is 7.82. The van der Waals surface area contributed by atoms with E-state index < -0.39 is 0 Å². The minimum Gasteiger partial charge on any atom is -0.0622 e. The molecule has 0 aliphatic heterocycles. The van der Waals surface area contributed by atoms with Crippen LogP contribution in [0.3, 0.4) is 0 Å². The van der Waals surface area contributed by atoms with Crippen molar-refractivity contribution in [1.82, 2.24) is 0 Å². The fourth-order valence-corrected chi connectivity index (χ4v) is 1.84. The molecule has 3 radical (unpaired) electrons. The molecule has 0 nitrogen and oxygen atoms in total. The number of benzene rings is 1. The van der Waals surface area contributed by atoms with E-state index in [-0.39, 0.29) is 0 Å². The van der Waals surface area contributed by atoms with Crippen molar-refractivity contribution >= 4 is 0 Å². The second-order valence-corrected chi connectivity index (χ2v) is 3.57. The summed E-state index contributed by atoms with van der Waals surface area (Å²) >= 11 is 0. The van der Waals surface area contributed by atoms with E-state index >= 15 is 0 Å². The molecule has 0 aromatic heterocycles. The third-order valence-electron chi connectivity index (χ3n) is 2.59. The largest absolute Gasteiger partial charge is 0.0622 e. The van der Waals surface area contributed by atoms with E-state index in [1.54, 1.807) is 0 Å². The van der Waals surface area contributed by atoms with E-state index in [2.05, 4.69) is 49.6 Å². The maximum absolute atomic E-state index is 2.32. The lowest BCUT2D eigenvalue weighted by Gasteiger charge is -2.13. The molecule has 0 N–H and O–H groups in total. The molecular formula is C13H15. The van der Waals surface area contributed by atoms with Gasteiger partial charge in [0, 0.05) is 0 Å². The van der Waals surface area contributed by atoms with Crippen LogP contribution in [0.4, 0.5) is 0 Å². The Kier molecular flexibility index (Phi) is 3.02. The van der Waals surface area contributed by atoms with Gasteiger partial charge in [0.05, 0.1) is 0 Å². The molecule has 0 saturated heterocycles. The maximum atomic E-state index is 2.32. The molecule has 1 saturated carbocycles. The molecule has 1 fully saturated rings. The normalized spacial score (nSPS) is 19.7. The lowest BCUT2D eigenvalue weighted by atomic mass is 9.92. The lowest BCUT2D eigenvalue weighted by molar-refractivity contribution is 0.678. The summed E-state index contributed by atoms with van der Waals surface area (Å²) in [5.41, 5.74) is 1.45. The zero-order chi connectivity index (χ0) is 8.93. The second kappa shape index (κ2) is 4.45. The van der Waals surface area contributed by atoms with Gasteiger partial charge in [0.15, 0.2) is 0 Å². The van der Waals surface area contributed by atoms with E-state index in [4.69, 9.17) is 0 Å². The summed E-state index contributed by atoms with van der Waals surface area (Å²) in [6.07, 6.45) is 10.6.